The maximum Gasteiger partial charge on any atom is 0.272 e. The molecule has 116 valence electrons. The van der Waals surface area contributed by atoms with Gasteiger partial charge in [-0.25, -0.2) is 4.39 Å². The Morgan fingerprint density at radius 1 is 1.33 bits per heavy atom. The van der Waals surface area contributed by atoms with Crippen LogP contribution >= 0.6 is 0 Å². The molecule has 1 aromatic rings. The predicted octanol–water partition coefficient (Wildman–Crippen LogP) is 4.18. The van der Waals surface area contributed by atoms with E-state index in [0.717, 1.165) is 12.5 Å². The van der Waals surface area contributed by atoms with Crippen LogP contribution in [0.3, 0.4) is 0 Å². The van der Waals surface area contributed by atoms with Gasteiger partial charge in [0.2, 0.25) is 0 Å². The van der Waals surface area contributed by atoms with Crippen molar-refractivity contribution in [2.24, 2.45) is 5.92 Å². The molecule has 1 aromatic carbocycles. The van der Waals surface area contributed by atoms with E-state index < -0.39 is 10.7 Å². The van der Waals surface area contributed by atoms with Crippen molar-refractivity contribution in [2.45, 2.75) is 58.0 Å². The van der Waals surface area contributed by atoms with Crippen molar-refractivity contribution in [3.8, 4) is 0 Å². The third-order valence-electron chi connectivity index (χ3n) is 4.38. The molecule has 1 N–H and O–H groups in total. The van der Waals surface area contributed by atoms with Gasteiger partial charge in [-0.05, 0) is 36.8 Å². The Morgan fingerprint density at radius 3 is 2.67 bits per heavy atom. The molecular formula is C16H23FN2O2. The van der Waals surface area contributed by atoms with Gasteiger partial charge in [0.05, 0.1) is 11.0 Å². The lowest BCUT2D eigenvalue weighted by atomic mass is 9.83. The molecule has 0 amide bonds. The number of rotatable bonds is 6. The van der Waals surface area contributed by atoms with Crippen LogP contribution < -0.4 is 5.32 Å². The zero-order chi connectivity index (χ0) is 15.2. The molecule has 21 heavy (non-hydrogen) atoms. The van der Waals surface area contributed by atoms with E-state index in [4.69, 9.17) is 0 Å². The molecule has 0 aromatic heterocycles. The highest BCUT2D eigenvalue weighted by atomic mass is 19.1. The Labute approximate surface area is 124 Å². The molecule has 1 fully saturated rings. The van der Waals surface area contributed by atoms with Crippen molar-refractivity contribution >= 4 is 5.69 Å². The average molecular weight is 294 g/mol. The van der Waals surface area contributed by atoms with Crippen LogP contribution in [0.15, 0.2) is 18.2 Å². The Balaban J connectivity index is 1.98. The summed E-state index contributed by atoms with van der Waals surface area (Å²) < 4.78 is 13.4. The number of non-ortho nitro benzene ring substituents is 1. The van der Waals surface area contributed by atoms with Gasteiger partial charge in [0.25, 0.3) is 5.69 Å². The Morgan fingerprint density at radius 2 is 2.05 bits per heavy atom. The van der Waals surface area contributed by atoms with Crippen molar-refractivity contribution in [1.29, 1.82) is 0 Å². The van der Waals surface area contributed by atoms with Crippen LogP contribution in [0.2, 0.25) is 0 Å². The minimum Gasteiger partial charge on any atom is -0.310 e. The standard InChI is InChI=1S/C16H23FN2O2/c1-2-16(13-6-4-3-5-7-13)18-11-12-8-14(17)10-15(9-12)19(20)21/h8-10,13,16,18H,2-7,11H2,1H3. The number of benzene rings is 1. The Hall–Kier alpha value is -1.49. The molecular weight excluding hydrogens is 271 g/mol. The van der Waals surface area contributed by atoms with Crippen LogP contribution in [0.1, 0.15) is 51.0 Å². The number of nitrogens with zero attached hydrogens (tertiary/aromatic N) is 1. The fourth-order valence-corrected chi connectivity index (χ4v) is 3.27. The second-order valence-corrected chi connectivity index (χ2v) is 5.87. The van der Waals surface area contributed by atoms with E-state index >= 15 is 0 Å². The largest absolute Gasteiger partial charge is 0.310 e. The maximum absolute atomic E-state index is 13.4. The van der Waals surface area contributed by atoms with Crippen LogP contribution in [0, 0.1) is 21.8 Å². The van der Waals surface area contributed by atoms with Gasteiger partial charge in [-0.1, -0.05) is 26.2 Å². The van der Waals surface area contributed by atoms with Gasteiger partial charge in [0, 0.05) is 18.7 Å². The molecule has 4 nitrogen and oxygen atoms in total. The first-order chi connectivity index (χ1) is 10.1. The SMILES string of the molecule is CCC(NCc1cc(F)cc([N+](=O)[O-])c1)C1CCCCC1. The van der Waals surface area contributed by atoms with Crippen LogP contribution in [-0.4, -0.2) is 11.0 Å². The summed E-state index contributed by atoms with van der Waals surface area (Å²) in [7, 11) is 0. The minimum absolute atomic E-state index is 0.183. The number of nitro groups is 1. The second kappa shape index (κ2) is 7.50. The summed E-state index contributed by atoms with van der Waals surface area (Å²) in [5.41, 5.74) is 0.452. The van der Waals surface area contributed by atoms with Crippen molar-refractivity contribution in [3.05, 3.63) is 39.7 Å². The van der Waals surface area contributed by atoms with Crippen molar-refractivity contribution < 1.29 is 9.31 Å². The summed E-state index contributed by atoms with van der Waals surface area (Å²) in [6.07, 6.45) is 7.41. The van der Waals surface area contributed by atoms with Gasteiger partial charge >= 0.3 is 0 Å². The van der Waals surface area contributed by atoms with Gasteiger partial charge in [-0.15, -0.1) is 0 Å². The molecule has 5 heteroatoms. The number of hydrogen-bond donors (Lipinski definition) is 1. The Bertz CT molecular complexity index is 487. The highest BCUT2D eigenvalue weighted by molar-refractivity contribution is 5.35. The molecule has 0 heterocycles. The van der Waals surface area contributed by atoms with Gasteiger partial charge in [0.1, 0.15) is 5.82 Å². The monoisotopic (exact) mass is 294 g/mol. The van der Waals surface area contributed by atoms with Crippen molar-refractivity contribution in [3.63, 3.8) is 0 Å². The summed E-state index contributed by atoms with van der Waals surface area (Å²) in [5, 5.41) is 14.2. The van der Waals surface area contributed by atoms with Crippen molar-refractivity contribution in [1.82, 2.24) is 5.32 Å². The quantitative estimate of drug-likeness (QED) is 0.632. The summed E-state index contributed by atoms with van der Waals surface area (Å²) in [6.45, 7) is 2.63. The molecule has 0 spiro atoms. The first-order valence-corrected chi connectivity index (χ1v) is 7.77. The first kappa shape index (κ1) is 15.9. The van der Waals surface area contributed by atoms with Gasteiger partial charge in [-0.3, -0.25) is 10.1 Å². The lowest BCUT2D eigenvalue weighted by molar-refractivity contribution is -0.385. The van der Waals surface area contributed by atoms with E-state index in [1.54, 1.807) is 0 Å². The van der Waals surface area contributed by atoms with Crippen LogP contribution in [0.25, 0.3) is 0 Å². The molecule has 0 aliphatic heterocycles. The lowest BCUT2D eigenvalue weighted by Gasteiger charge is -2.30. The van der Waals surface area contributed by atoms with Crippen molar-refractivity contribution in [2.75, 3.05) is 0 Å². The van der Waals surface area contributed by atoms with E-state index in [2.05, 4.69) is 12.2 Å². The number of hydrogen-bond acceptors (Lipinski definition) is 3. The highest BCUT2D eigenvalue weighted by Gasteiger charge is 2.22. The molecule has 1 aliphatic carbocycles. The third kappa shape index (κ3) is 4.49. The number of nitrogens with one attached hydrogen (secondary N) is 1. The topological polar surface area (TPSA) is 55.2 Å². The molecule has 1 unspecified atom stereocenters. The smallest absolute Gasteiger partial charge is 0.272 e. The van der Waals surface area contributed by atoms with Gasteiger partial charge < -0.3 is 5.32 Å². The molecule has 1 aliphatic rings. The fraction of sp³-hybridized carbons (Fsp3) is 0.625. The van der Waals surface area contributed by atoms with Crippen LogP contribution in [0.5, 0.6) is 0 Å². The van der Waals surface area contributed by atoms with Crippen LogP contribution in [0.4, 0.5) is 10.1 Å². The van der Waals surface area contributed by atoms with E-state index in [1.165, 1.54) is 44.2 Å². The van der Waals surface area contributed by atoms with E-state index in [9.17, 15) is 14.5 Å². The lowest BCUT2D eigenvalue weighted by Crippen LogP contribution is -2.36. The summed E-state index contributed by atoms with van der Waals surface area (Å²) in [4.78, 5) is 10.2. The Kier molecular flexibility index (Phi) is 5.67. The average Bonchev–Trinajstić information content (AvgIpc) is 2.48. The summed E-state index contributed by atoms with van der Waals surface area (Å²) in [6, 6.07) is 4.19. The predicted molar refractivity (Wildman–Crippen MR) is 80.5 cm³/mol. The zero-order valence-electron chi connectivity index (χ0n) is 12.5. The van der Waals surface area contributed by atoms with Gasteiger partial charge in [0.15, 0.2) is 0 Å². The molecule has 1 saturated carbocycles. The molecule has 2 rings (SSSR count). The minimum atomic E-state index is -0.551. The number of halogens is 1. The molecule has 0 radical (unpaired) electrons. The highest BCUT2D eigenvalue weighted by Crippen LogP contribution is 2.28. The molecule has 1 atom stereocenters. The van der Waals surface area contributed by atoms with Gasteiger partial charge in [-0.2, -0.15) is 0 Å². The van der Waals surface area contributed by atoms with E-state index in [0.29, 0.717) is 24.1 Å². The second-order valence-electron chi connectivity index (χ2n) is 5.87. The van der Waals surface area contributed by atoms with E-state index in [1.807, 2.05) is 0 Å². The zero-order valence-corrected chi connectivity index (χ0v) is 12.5. The van der Waals surface area contributed by atoms with E-state index in [-0.39, 0.29) is 5.69 Å². The normalized spacial score (nSPS) is 17.6. The third-order valence-corrected chi connectivity index (χ3v) is 4.38. The molecule has 0 saturated heterocycles. The summed E-state index contributed by atoms with van der Waals surface area (Å²) >= 11 is 0. The fourth-order valence-electron chi connectivity index (χ4n) is 3.27. The summed E-state index contributed by atoms with van der Waals surface area (Å²) in [5.74, 6) is 0.124. The number of nitro benzene ring substituents is 1. The first-order valence-electron chi connectivity index (χ1n) is 7.77. The molecule has 0 bridgehead atoms. The maximum atomic E-state index is 13.4. The van der Waals surface area contributed by atoms with Crippen LogP contribution in [-0.2, 0) is 6.54 Å².